The smallest absolute Gasteiger partial charge is 0.230 e. The van der Waals surface area contributed by atoms with Crippen molar-refractivity contribution in [3.05, 3.63) is 98.4 Å². The Morgan fingerprint density at radius 1 is 0.944 bits per heavy atom. The first kappa shape index (κ1) is 26.0. The molecule has 0 fully saturated rings. The maximum atomic E-state index is 14.1. The van der Waals surface area contributed by atoms with Gasteiger partial charge in [0, 0.05) is 15.6 Å². The molecule has 0 saturated carbocycles. The minimum absolute atomic E-state index is 0.0498. The first-order valence-corrected chi connectivity index (χ1v) is 12.5. The molecule has 0 saturated heterocycles. The third-order valence-corrected chi connectivity index (χ3v) is 7.25. The van der Waals surface area contributed by atoms with E-state index in [1.807, 2.05) is 10.8 Å². The Morgan fingerprint density at radius 2 is 1.58 bits per heavy atom. The van der Waals surface area contributed by atoms with Gasteiger partial charge >= 0.3 is 0 Å². The van der Waals surface area contributed by atoms with Gasteiger partial charge in [0.15, 0.2) is 16.5 Å². The molecule has 6 nitrogen and oxygen atoms in total. The number of nitrogens with one attached hydrogen (secondary N) is 1. The van der Waals surface area contributed by atoms with Gasteiger partial charge in [-0.25, -0.2) is 31.0 Å². The molecule has 0 aliphatic heterocycles. The fraction of sp³-hybridized carbons (Fsp3) is 0.0435. The number of nitriles is 1. The van der Waals surface area contributed by atoms with Gasteiger partial charge in [-0.3, -0.25) is 0 Å². The minimum Gasteiger partial charge on any atom is -0.230 e. The van der Waals surface area contributed by atoms with Crippen LogP contribution in [-0.4, -0.2) is 18.2 Å². The summed E-state index contributed by atoms with van der Waals surface area (Å²) in [7, 11) is -4.88. The van der Waals surface area contributed by atoms with Crippen LogP contribution in [0.3, 0.4) is 0 Å². The lowest BCUT2D eigenvalue weighted by Gasteiger charge is -2.10. The Morgan fingerprint density at radius 3 is 2.22 bits per heavy atom. The Balaban J connectivity index is 1.84. The van der Waals surface area contributed by atoms with Crippen LogP contribution in [0.2, 0.25) is 15.1 Å². The Labute approximate surface area is 218 Å². The monoisotopic (exact) mass is 570 g/mol. The van der Waals surface area contributed by atoms with Crippen molar-refractivity contribution < 1.29 is 21.6 Å². The zero-order valence-electron chi connectivity index (χ0n) is 17.7. The zero-order chi connectivity index (χ0) is 26.2. The molecule has 0 bridgehead atoms. The summed E-state index contributed by atoms with van der Waals surface area (Å²) in [6, 6.07) is 13.9. The largest absolute Gasteiger partial charge is 0.246 e. The van der Waals surface area contributed by atoms with Gasteiger partial charge in [0.05, 0.1) is 28.6 Å². The van der Waals surface area contributed by atoms with Crippen LogP contribution in [0.5, 0.6) is 0 Å². The number of nitrogens with zero attached hydrogens (tertiary/aromatic N) is 3. The van der Waals surface area contributed by atoms with Crippen molar-refractivity contribution in [2.24, 2.45) is 0 Å². The summed E-state index contributed by atoms with van der Waals surface area (Å²) in [5.74, 6) is -4.90. The van der Waals surface area contributed by atoms with Crippen molar-refractivity contribution in [1.82, 2.24) is 14.5 Å². The summed E-state index contributed by atoms with van der Waals surface area (Å²) in [5, 5.41) is 15.2. The predicted octanol–water partition coefficient (Wildman–Crippen LogP) is 6.27. The van der Waals surface area contributed by atoms with Crippen molar-refractivity contribution in [1.29, 1.82) is 5.26 Å². The van der Waals surface area contributed by atoms with Crippen molar-refractivity contribution in [3.63, 3.8) is 0 Å². The van der Waals surface area contributed by atoms with Gasteiger partial charge in [0.2, 0.25) is 10.0 Å². The van der Waals surface area contributed by atoms with Crippen LogP contribution >= 0.6 is 34.8 Å². The first-order chi connectivity index (χ1) is 17.0. The molecule has 0 atom stereocenters. The molecule has 4 rings (SSSR count). The van der Waals surface area contributed by atoms with Crippen molar-refractivity contribution in [2.75, 3.05) is 0 Å². The van der Waals surface area contributed by atoms with E-state index in [0.29, 0.717) is 33.4 Å². The van der Waals surface area contributed by atoms with Crippen molar-refractivity contribution >= 4 is 44.8 Å². The second kappa shape index (κ2) is 10.1. The highest BCUT2D eigenvalue weighted by Crippen LogP contribution is 2.33. The molecule has 0 amide bonds. The van der Waals surface area contributed by atoms with Gasteiger partial charge in [0.1, 0.15) is 17.4 Å². The lowest BCUT2D eigenvalue weighted by molar-refractivity contribution is 0.456. The standard InChI is InChI=1S/C23H12Cl3F3N4O2S/c24-13-3-1-12(2-4-13)22-15(10-30)19(32-33(22)20-8-5-14(25)9-16(20)26)11-31-36(34,35)23-18(28)7-6-17(27)21(23)29/h1-9,31H,11H2. The van der Waals surface area contributed by atoms with E-state index in [1.165, 1.54) is 10.7 Å². The average Bonchev–Trinajstić information content (AvgIpc) is 3.19. The fourth-order valence-corrected chi connectivity index (χ4v) is 5.14. The van der Waals surface area contributed by atoms with Gasteiger partial charge < -0.3 is 0 Å². The summed E-state index contributed by atoms with van der Waals surface area (Å²) in [6.45, 7) is -0.653. The summed E-state index contributed by atoms with van der Waals surface area (Å²) >= 11 is 18.3. The van der Waals surface area contributed by atoms with Gasteiger partial charge in [-0.2, -0.15) is 10.4 Å². The minimum atomic E-state index is -4.88. The number of halogens is 6. The van der Waals surface area contributed by atoms with Crippen LogP contribution in [0.15, 0.2) is 59.5 Å². The molecule has 0 aliphatic rings. The van der Waals surface area contributed by atoms with Crippen LogP contribution in [0.25, 0.3) is 16.9 Å². The maximum absolute atomic E-state index is 14.1. The van der Waals surface area contributed by atoms with E-state index in [-0.39, 0.29) is 22.0 Å². The number of aromatic nitrogens is 2. The Bertz CT molecular complexity index is 1640. The lowest BCUT2D eigenvalue weighted by atomic mass is 10.1. The van der Waals surface area contributed by atoms with Gasteiger partial charge in [0.25, 0.3) is 0 Å². The molecule has 0 radical (unpaired) electrons. The molecular weight excluding hydrogens is 560 g/mol. The van der Waals surface area contributed by atoms with Crippen LogP contribution in [0.1, 0.15) is 11.3 Å². The summed E-state index contributed by atoms with van der Waals surface area (Å²) in [5.41, 5.74) is 0.917. The van der Waals surface area contributed by atoms with Crippen LogP contribution < -0.4 is 4.72 Å². The van der Waals surface area contributed by atoms with E-state index >= 15 is 0 Å². The normalized spacial score (nSPS) is 11.5. The number of benzene rings is 3. The molecule has 13 heteroatoms. The number of rotatable bonds is 6. The molecule has 36 heavy (non-hydrogen) atoms. The van der Waals surface area contributed by atoms with Crippen LogP contribution in [0, 0.1) is 28.8 Å². The van der Waals surface area contributed by atoms with E-state index in [9.17, 15) is 26.9 Å². The lowest BCUT2D eigenvalue weighted by Crippen LogP contribution is -2.26. The molecular formula is C23H12Cl3F3N4O2S. The molecule has 1 N–H and O–H groups in total. The van der Waals surface area contributed by atoms with E-state index in [0.717, 1.165) is 0 Å². The topological polar surface area (TPSA) is 87.8 Å². The SMILES string of the molecule is N#Cc1c(CNS(=O)(=O)c2c(F)ccc(F)c2F)nn(-c2ccc(Cl)cc2Cl)c1-c1ccc(Cl)cc1. The second-order valence-corrected chi connectivity index (χ2v) is 10.3. The number of hydrogen-bond acceptors (Lipinski definition) is 4. The Hall–Kier alpha value is -3.07. The van der Waals surface area contributed by atoms with E-state index < -0.39 is 38.9 Å². The number of hydrogen-bond donors (Lipinski definition) is 1. The summed E-state index contributed by atoms with van der Waals surface area (Å²) in [6.07, 6.45) is 0. The van der Waals surface area contributed by atoms with E-state index in [4.69, 9.17) is 34.8 Å². The highest BCUT2D eigenvalue weighted by Gasteiger charge is 2.28. The highest BCUT2D eigenvalue weighted by molar-refractivity contribution is 7.89. The summed E-state index contributed by atoms with van der Waals surface area (Å²) < 4.78 is 70.3. The van der Waals surface area contributed by atoms with Gasteiger partial charge in [-0.15, -0.1) is 0 Å². The molecule has 1 heterocycles. The maximum Gasteiger partial charge on any atom is 0.246 e. The summed E-state index contributed by atoms with van der Waals surface area (Å²) in [4.78, 5) is -1.49. The van der Waals surface area contributed by atoms with E-state index in [1.54, 1.807) is 36.4 Å². The molecule has 0 spiro atoms. The molecule has 3 aromatic carbocycles. The second-order valence-electron chi connectivity index (χ2n) is 7.29. The van der Waals surface area contributed by atoms with Crippen molar-refractivity contribution in [3.8, 4) is 23.0 Å². The van der Waals surface area contributed by atoms with Gasteiger partial charge in [-0.05, 0) is 42.5 Å². The zero-order valence-corrected chi connectivity index (χ0v) is 20.8. The van der Waals surface area contributed by atoms with Gasteiger partial charge in [-0.1, -0.05) is 46.9 Å². The van der Waals surface area contributed by atoms with E-state index in [2.05, 4.69) is 5.10 Å². The molecule has 0 aliphatic carbocycles. The van der Waals surface area contributed by atoms with Crippen LogP contribution in [0.4, 0.5) is 13.2 Å². The Kier molecular flexibility index (Phi) is 7.31. The average molecular weight is 572 g/mol. The third-order valence-electron chi connectivity index (χ3n) is 5.03. The highest BCUT2D eigenvalue weighted by atomic mass is 35.5. The molecule has 4 aromatic rings. The molecule has 184 valence electrons. The molecule has 0 unspecified atom stereocenters. The number of sulfonamides is 1. The first-order valence-electron chi connectivity index (χ1n) is 9.90. The van der Waals surface area contributed by atoms with Crippen LogP contribution in [-0.2, 0) is 16.6 Å². The van der Waals surface area contributed by atoms with Crippen molar-refractivity contribution in [2.45, 2.75) is 11.4 Å². The quantitative estimate of drug-likeness (QED) is 0.277. The predicted molar refractivity (Wildman–Crippen MR) is 129 cm³/mol. The molecule has 1 aromatic heterocycles. The third kappa shape index (κ3) is 4.93. The fourth-order valence-electron chi connectivity index (χ4n) is 3.40.